The maximum absolute atomic E-state index is 12.8. The number of nitrogen functional groups attached to an aromatic ring is 1. The first kappa shape index (κ1) is 19.0. The van der Waals surface area contributed by atoms with Crippen molar-refractivity contribution in [2.24, 2.45) is 0 Å². The Morgan fingerprint density at radius 1 is 1.38 bits per heavy atom. The minimum atomic E-state index is -4.34. The van der Waals surface area contributed by atoms with Crippen LogP contribution < -0.4 is 5.73 Å². The SMILES string of the molecule is Cl.Nc1ncc(CN2CCOC(c3cccc(C(F)(F)F)c3)C2)s1. The Kier molecular flexibility index (Phi) is 6.08. The van der Waals surface area contributed by atoms with Gasteiger partial charge in [0.05, 0.1) is 18.3 Å². The Balaban J connectivity index is 0.00000208. The number of aromatic nitrogens is 1. The van der Waals surface area contributed by atoms with E-state index in [2.05, 4.69) is 9.88 Å². The number of hydrogen-bond donors (Lipinski definition) is 1. The van der Waals surface area contributed by atoms with E-state index in [1.807, 2.05) is 0 Å². The Morgan fingerprint density at radius 3 is 2.83 bits per heavy atom. The summed E-state index contributed by atoms with van der Waals surface area (Å²) in [5, 5.41) is 0.516. The van der Waals surface area contributed by atoms with Gasteiger partial charge in [0.25, 0.3) is 0 Å². The minimum Gasteiger partial charge on any atom is -0.375 e. The first-order chi connectivity index (χ1) is 10.9. The van der Waals surface area contributed by atoms with Crippen molar-refractivity contribution < 1.29 is 17.9 Å². The molecule has 2 N–H and O–H groups in total. The molecule has 0 bridgehead atoms. The van der Waals surface area contributed by atoms with Crippen LogP contribution in [0.2, 0.25) is 0 Å². The Labute approximate surface area is 147 Å². The molecule has 1 atom stereocenters. The fourth-order valence-electron chi connectivity index (χ4n) is 2.58. The third-order valence-corrected chi connectivity index (χ3v) is 4.50. The van der Waals surface area contributed by atoms with Crippen LogP contribution in [-0.2, 0) is 17.5 Å². The van der Waals surface area contributed by atoms with Crippen LogP contribution >= 0.6 is 23.7 Å². The lowest BCUT2D eigenvalue weighted by Crippen LogP contribution is -2.37. The number of anilines is 1. The molecule has 1 aromatic heterocycles. The van der Waals surface area contributed by atoms with Crippen molar-refractivity contribution >= 4 is 28.9 Å². The summed E-state index contributed by atoms with van der Waals surface area (Å²) in [5.41, 5.74) is 5.52. The molecule has 1 saturated heterocycles. The van der Waals surface area contributed by atoms with Crippen LogP contribution in [-0.4, -0.2) is 29.6 Å². The van der Waals surface area contributed by atoms with Gasteiger partial charge in [0, 0.05) is 30.7 Å². The zero-order valence-corrected chi connectivity index (χ0v) is 14.3. The van der Waals surface area contributed by atoms with Crippen molar-refractivity contribution in [1.29, 1.82) is 0 Å². The monoisotopic (exact) mass is 379 g/mol. The number of hydrogen-bond acceptors (Lipinski definition) is 5. The van der Waals surface area contributed by atoms with E-state index in [0.29, 0.717) is 30.4 Å². The zero-order chi connectivity index (χ0) is 16.4. The molecule has 4 nitrogen and oxygen atoms in total. The van der Waals surface area contributed by atoms with Gasteiger partial charge in [-0.05, 0) is 17.7 Å². The second kappa shape index (κ2) is 7.69. The van der Waals surface area contributed by atoms with Crippen molar-refractivity contribution in [3.8, 4) is 0 Å². The maximum atomic E-state index is 12.8. The van der Waals surface area contributed by atoms with E-state index >= 15 is 0 Å². The van der Waals surface area contributed by atoms with Gasteiger partial charge >= 0.3 is 6.18 Å². The topological polar surface area (TPSA) is 51.4 Å². The second-order valence-corrected chi connectivity index (χ2v) is 6.53. The van der Waals surface area contributed by atoms with E-state index in [-0.39, 0.29) is 18.5 Å². The first-order valence-corrected chi connectivity index (χ1v) is 7.95. The van der Waals surface area contributed by atoms with Crippen LogP contribution in [0, 0.1) is 0 Å². The van der Waals surface area contributed by atoms with Crippen molar-refractivity contribution in [3.05, 3.63) is 46.5 Å². The van der Waals surface area contributed by atoms with Crippen LogP contribution in [0.25, 0.3) is 0 Å². The predicted octanol–water partition coefficient (Wildman–Crippen LogP) is 3.74. The summed E-state index contributed by atoms with van der Waals surface area (Å²) < 4.78 is 44.2. The molecule has 0 saturated carbocycles. The van der Waals surface area contributed by atoms with Gasteiger partial charge in [-0.1, -0.05) is 12.1 Å². The van der Waals surface area contributed by atoms with Crippen molar-refractivity contribution in [2.75, 3.05) is 25.4 Å². The van der Waals surface area contributed by atoms with E-state index < -0.39 is 11.7 Å². The van der Waals surface area contributed by atoms with Crippen LogP contribution in [0.3, 0.4) is 0 Å². The van der Waals surface area contributed by atoms with Gasteiger partial charge in [-0.25, -0.2) is 4.98 Å². The predicted molar refractivity (Wildman–Crippen MR) is 89.2 cm³/mol. The Hall–Kier alpha value is -1.35. The molecule has 1 fully saturated rings. The molecular weight excluding hydrogens is 363 g/mol. The molecule has 0 aliphatic carbocycles. The van der Waals surface area contributed by atoms with Gasteiger partial charge in [-0.15, -0.1) is 23.7 Å². The highest BCUT2D eigenvalue weighted by Crippen LogP contribution is 2.32. The molecule has 0 radical (unpaired) electrons. The van der Waals surface area contributed by atoms with Crippen LogP contribution in [0.15, 0.2) is 30.5 Å². The highest BCUT2D eigenvalue weighted by atomic mass is 35.5. The van der Waals surface area contributed by atoms with Crippen LogP contribution in [0.1, 0.15) is 22.1 Å². The number of alkyl halides is 3. The molecule has 1 unspecified atom stereocenters. The molecule has 0 amide bonds. The summed E-state index contributed by atoms with van der Waals surface area (Å²) in [6.45, 7) is 2.43. The van der Waals surface area contributed by atoms with Gasteiger partial charge in [0.15, 0.2) is 5.13 Å². The van der Waals surface area contributed by atoms with Crippen molar-refractivity contribution in [3.63, 3.8) is 0 Å². The average Bonchev–Trinajstić information content (AvgIpc) is 2.92. The number of benzene rings is 1. The fraction of sp³-hybridized carbons (Fsp3) is 0.400. The van der Waals surface area contributed by atoms with Crippen LogP contribution in [0.5, 0.6) is 0 Å². The lowest BCUT2D eigenvalue weighted by Gasteiger charge is -2.33. The summed E-state index contributed by atoms with van der Waals surface area (Å²) in [5.74, 6) is 0. The molecule has 2 heterocycles. The number of nitrogens with zero attached hydrogens (tertiary/aromatic N) is 2. The molecule has 2 aromatic rings. The van der Waals surface area contributed by atoms with E-state index in [0.717, 1.165) is 17.5 Å². The molecule has 9 heteroatoms. The fourth-order valence-corrected chi connectivity index (χ4v) is 3.31. The summed E-state index contributed by atoms with van der Waals surface area (Å²) in [7, 11) is 0. The average molecular weight is 380 g/mol. The lowest BCUT2D eigenvalue weighted by atomic mass is 10.0. The summed E-state index contributed by atoms with van der Waals surface area (Å²) >= 11 is 1.42. The maximum Gasteiger partial charge on any atom is 0.416 e. The van der Waals surface area contributed by atoms with Crippen molar-refractivity contribution in [1.82, 2.24) is 9.88 Å². The highest BCUT2D eigenvalue weighted by molar-refractivity contribution is 7.15. The summed E-state index contributed by atoms with van der Waals surface area (Å²) in [6.07, 6.45) is -2.98. The van der Waals surface area contributed by atoms with Crippen molar-refractivity contribution in [2.45, 2.75) is 18.8 Å². The molecule has 132 valence electrons. The number of halogens is 4. The van der Waals surface area contributed by atoms with E-state index in [1.54, 1.807) is 12.3 Å². The van der Waals surface area contributed by atoms with Gasteiger partial charge in [0.1, 0.15) is 0 Å². The number of ether oxygens (including phenoxy) is 1. The van der Waals surface area contributed by atoms with Gasteiger partial charge in [-0.2, -0.15) is 13.2 Å². The molecular formula is C15H17ClF3N3OS. The summed E-state index contributed by atoms with van der Waals surface area (Å²) in [4.78, 5) is 7.19. The molecule has 1 aliphatic rings. The van der Waals surface area contributed by atoms with E-state index in [4.69, 9.17) is 10.5 Å². The molecule has 3 rings (SSSR count). The Morgan fingerprint density at radius 2 is 2.17 bits per heavy atom. The third kappa shape index (κ3) is 4.60. The van der Waals surface area contributed by atoms with Gasteiger partial charge in [-0.3, -0.25) is 4.90 Å². The quantitative estimate of drug-likeness (QED) is 0.882. The molecule has 1 aliphatic heterocycles. The zero-order valence-electron chi connectivity index (χ0n) is 12.6. The molecule has 0 spiro atoms. The number of morpholine rings is 1. The normalized spacial score (nSPS) is 19.0. The van der Waals surface area contributed by atoms with Gasteiger partial charge < -0.3 is 10.5 Å². The highest BCUT2D eigenvalue weighted by Gasteiger charge is 2.31. The molecule has 1 aromatic carbocycles. The largest absolute Gasteiger partial charge is 0.416 e. The summed E-state index contributed by atoms with van der Waals surface area (Å²) in [6, 6.07) is 5.33. The second-order valence-electron chi connectivity index (χ2n) is 5.38. The van der Waals surface area contributed by atoms with Gasteiger partial charge in [0.2, 0.25) is 0 Å². The smallest absolute Gasteiger partial charge is 0.375 e. The first-order valence-electron chi connectivity index (χ1n) is 7.13. The van der Waals surface area contributed by atoms with Crippen LogP contribution in [0.4, 0.5) is 18.3 Å². The number of thiazole rings is 1. The third-order valence-electron chi connectivity index (χ3n) is 3.69. The Bertz CT molecular complexity index is 680. The van der Waals surface area contributed by atoms with E-state index in [1.165, 1.54) is 23.5 Å². The lowest BCUT2D eigenvalue weighted by molar-refractivity contribution is -0.137. The number of nitrogens with two attached hydrogens (primary N) is 1. The molecule has 24 heavy (non-hydrogen) atoms. The minimum absolute atomic E-state index is 0. The van der Waals surface area contributed by atoms with E-state index in [9.17, 15) is 13.2 Å². The standard InChI is InChI=1S/C15H16F3N3OS.ClH/c16-15(17,18)11-3-1-2-10(6-11)13-9-21(4-5-22-13)8-12-7-20-14(19)23-12;/h1-3,6-7,13H,4-5,8-9H2,(H2,19,20);1H. The number of rotatable bonds is 3.